The standard InChI is InChI=1S/C12H20ClNO4S/c1-11(2,3)18-10(16)14-12(9(15)17-8-13)5-4-6-19-7-12/h4-8H2,1-3H3,(H,14,16). The second-order valence-corrected chi connectivity index (χ2v) is 6.73. The fourth-order valence-corrected chi connectivity index (χ4v) is 3.07. The lowest BCUT2D eigenvalue weighted by molar-refractivity contribution is -0.149. The molecule has 0 aromatic carbocycles. The lowest BCUT2D eigenvalue weighted by Gasteiger charge is -2.35. The van der Waals surface area contributed by atoms with Crippen molar-refractivity contribution >= 4 is 35.4 Å². The molecular weight excluding hydrogens is 290 g/mol. The first-order chi connectivity index (χ1) is 8.79. The van der Waals surface area contributed by atoms with Gasteiger partial charge in [-0.25, -0.2) is 9.59 Å². The van der Waals surface area contributed by atoms with E-state index in [9.17, 15) is 9.59 Å². The van der Waals surface area contributed by atoms with Gasteiger partial charge in [0.2, 0.25) is 0 Å². The maximum absolute atomic E-state index is 12.0. The minimum absolute atomic E-state index is 0.221. The first kappa shape index (κ1) is 16.4. The predicted molar refractivity (Wildman–Crippen MR) is 75.5 cm³/mol. The SMILES string of the molecule is CC(C)(C)OC(=O)NC1(C(=O)OCCl)CCCSC1. The highest BCUT2D eigenvalue weighted by molar-refractivity contribution is 7.99. The fourth-order valence-electron chi connectivity index (χ4n) is 1.79. The van der Waals surface area contributed by atoms with E-state index >= 15 is 0 Å². The molecule has 1 saturated heterocycles. The number of thioether (sulfide) groups is 1. The van der Waals surface area contributed by atoms with Gasteiger partial charge in [0.1, 0.15) is 11.1 Å². The molecule has 1 heterocycles. The van der Waals surface area contributed by atoms with Gasteiger partial charge >= 0.3 is 12.1 Å². The quantitative estimate of drug-likeness (QED) is 0.641. The van der Waals surface area contributed by atoms with E-state index in [1.807, 2.05) is 0 Å². The van der Waals surface area contributed by atoms with Gasteiger partial charge in [-0.1, -0.05) is 11.6 Å². The average Bonchev–Trinajstić information content (AvgIpc) is 2.27. The molecule has 0 radical (unpaired) electrons. The molecule has 1 unspecified atom stereocenters. The number of rotatable bonds is 3. The highest BCUT2D eigenvalue weighted by Gasteiger charge is 2.43. The van der Waals surface area contributed by atoms with Crippen molar-refractivity contribution in [3.05, 3.63) is 0 Å². The molecule has 0 aliphatic carbocycles. The number of carbonyl (C=O) groups is 2. The van der Waals surface area contributed by atoms with Gasteiger partial charge in [0.15, 0.2) is 6.07 Å². The summed E-state index contributed by atoms with van der Waals surface area (Å²) in [5.41, 5.74) is -1.64. The molecule has 7 heteroatoms. The number of nitrogens with one attached hydrogen (secondary N) is 1. The van der Waals surface area contributed by atoms with Gasteiger partial charge in [-0.2, -0.15) is 11.8 Å². The normalized spacial score (nSPS) is 23.6. The summed E-state index contributed by atoms with van der Waals surface area (Å²) in [6, 6.07) is -0.221. The highest BCUT2D eigenvalue weighted by atomic mass is 35.5. The summed E-state index contributed by atoms with van der Waals surface area (Å²) < 4.78 is 10.1. The number of carbonyl (C=O) groups excluding carboxylic acids is 2. The Bertz CT molecular complexity index is 337. The minimum atomic E-state index is -1.03. The number of amides is 1. The van der Waals surface area contributed by atoms with Gasteiger partial charge in [0, 0.05) is 5.75 Å². The van der Waals surface area contributed by atoms with Crippen LogP contribution in [0.1, 0.15) is 33.6 Å². The molecular formula is C12H20ClNO4S. The van der Waals surface area contributed by atoms with Crippen molar-refractivity contribution in [1.82, 2.24) is 5.32 Å². The third-order valence-electron chi connectivity index (χ3n) is 2.56. The van der Waals surface area contributed by atoms with Crippen LogP contribution in [0.3, 0.4) is 0 Å². The van der Waals surface area contributed by atoms with E-state index < -0.39 is 23.2 Å². The molecule has 1 amide bonds. The van der Waals surface area contributed by atoms with Gasteiger partial charge in [-0.3, -0.25) is 0 Å². The Balaban J connectivity index is 2.74. The van der Waals surface area contributed by atoms with Crippen LogP contribution in [0, 0.1) is 0 Å². The Morgan fingerprint density at radius 2 is 2.11 bits per heavy atom. The Morgan fingerprint density at radius 1 is 1.42 bits per heavy atom. The number of alkyl halides is 1. The number of hydrogen-bond acceptors (Lipinski definition) is 5. The van der Waals surface area contributed by atoms with E-state index in [1.54, 1.807) is 32.5 Å². The molecule has 0 aromatic heterocycles. The van der Waals surface area contributed by atoms with Crippen molar-refractivity contribution in [3.63, 3.8) is 0 Å². The number of ether oxygens (including phenoxy) is 2. The molecule has 1 aliphatic heterocycles. The van der Waals surface area contributed by atoms with E-state index in [-0.39, 0.29) is 6.07 Å². The summed E-state index contributed by atoms with van der Waals surface area (Å²) in [5.74, 6) is 0.939. The second kappa shape index (κ2) is 6.70. The first-order valence-electron chi connectivity index (χ1n) is 6.11. The second-order valence-electron chi connectivity index (χ2n) is 5.41. The van der Waals surface area contributed by atoms with Crippen LogP contribution in [0.4, 0.5) is 4.79 Å². The number of hydrogen-bond donors (Lipinski definition) is 1. The third-order valence-corrected chi connectivity index (χ3v) is 3.94. The lowest BCUT2D eigenvalue weighted by atomic mass is 9.95. The molecule has 0 spiro atoms. The number of alkyl carbamates (subject to hydrolysis) is 1. The van der Waals surface area contributed by atoms with Crippen molar-refractivity contribution in [2.75, 3.05) is 17.6 Å². The summed E-state index contributed by atoms with van der Waals surface area (Å²) in [6.07, 6.45) is 0.758. The first-order valence-corrected chi connectivity index (χ1v) is 7.80. The van der Waals surface area contributed by atoms with Crippen molar-refractivity contribution in [1.29, 1.82) is 0 Å². The van der Waals surface area contributed by atoms with Crippen LogP contribution < -0.4 is 5.32 Å². The molecule has 1 rings (SSSR count). The van der Waals surface area contributed by atoms with Crippen LogP contribution in [0.5, 0.6) is 0 Å². The maximum Gasteiger partial charge on any atom is 0.408 e. The molecule has 19 heavy (non-hydrogen) atoms. The molecule has 0 bridgehead atoms. The Morgan fingerprint density at radius 3 is 2.58 bits per heavy atom. The number of halogens is 1. The van der Waals surface area contributed by atoms with Crippen molar-refractivity contribution < 1.29 is 19.1 Å². The molecule has 5 nitrogen and oxygen atoms in total. The van der Waals surface area contributed by atoms with Crippen LogP contribution in [0.25, 0.3) is 0 Å². The summed E-state index contributed by atoms with van der Waals surface area (Å²) in [6.45, 7) is 5.31. The van der Waals surface area contributed by atoms with Crippen LogP contribution >= 0.6 is 23.4 Å². The lowest BCUT2D eigenvalue weighted by Crippen LogP contribution is -2.59. The summed E-state index contributed by atoms with van der Waals surface area (Å²) in [4.78, 5) is 23.9. The van der Waals surface area contributed by atoms with Crippen LogP contribution in [-0.2, 0) is 14.3 Å². The highest BCUT2D eigenvalue weighted by Crippen LogP contribution is 2.28. The van der Waals surface area contributed by atoms with E-state index in [0.29, 0.717) is 12.2 Å². The van der Waals surface area contributed by atoms with Crippen LogP contribution in [0.2, 0.25) is 0 Å². The van der Waals surface area contributed by atoms with E-state index in [1.165, 1.54) is 0 Å². The monoisotopic (exact) mass is 309 g/mol. The summed E-state index contributed by atoms with van der Waals surface area (Å²) in [7, 11) is 0. The smallest absolute Gasteiger partial charge is 0.408 e. The maximum atomic E-state index is 12.0. The Kier molecular flexibility index (Phi) is 5.80. The van der Waals surface area contributed by atoms with Crippen LogP contribution in [-0.4, -0.2) is 40.8 Å². The Labute approximate surface area is 122 Å². The van der Waals surface area contributed by atoms with Gasteiger partial charge in [-0.15, -0.1) is 0 Å². The minimum Gasteiger partial charge on any atom is -0.448 e. The van der Waals surface area contributed by atoms with Crippen molar-refractivity contribution in [3.8, 4) is 0 Å². The largest absolute Gasteiger partial charge is 0.448 e. The topological polar surface area (TPSA) is 64.6 Å². The fraction of sp³-hybridized carbons (Fsp3) is 0.833. The zero-order valence-electron chi connectivity index (χ0n) is 11.5. The molecule has 1 fully saturated rings. The molecule has 1 N–H and O–H groups in total. The average molecular weight is 310 g/mol. The zero-order valence-corrected chi connectivity index (χ0v) is 13.0. The van der Waals surface area contributed by atoms with Crippen molar-refractivity contribution in [2.45, 2.75) is 44.8 Å². The third kappa shape index (κ3) is 5.10. The zero-order chi connectivity index (χ0) is 14.5. The van der Waals surface area contributed by atoms with Gasteiger partial charge in [-0.05, 0) is 39.4 Å². The molecule has 0 saturated carbocycles. The van der Waals surface area contributed by atoms with E-state index in [4.69, 9.17) is 21.1 Å². The molecule has 1 atom stereocenters. The molecule has 1 aliphatic rings. The van der Waals surface area contributed by atoms with Gasteiger partial charge in [0.05, 0.1) is 0 Å². The van der Waals surface area contributed by atoms with E-state index in [2.05, 4.69) is 5.32 Å². The molecule has 110 valence electrons. The van der Waals surface area contributed by atoms with Gasteiger partial charge < -0.3 is 14.8 Å². The number of esters is 1. The summed E-state index contributed by atoms with van der Waals surface area (Å²) >= 11 is 7.03. The van der Waals surface area contributed by atoms with Gasteiger partial charge in [0.25, 0.3) is 0 Å². The Hall–Kier alpha value is -0.620. The van der Waals surface area contributed by atoms with E-state index in [0.717, 1.165) is 12.2 Å². The summed E-state index contributed by atoms with van der Waals surface area (Å²) in [5, 5.41) is 2.66. The van der Waals surface area contributed by atoms with Crippen LogP contribution in [0.15, 0.2) is 0 Å². The van der Waals surface area contributed by atoms with Crippen molar-refractivity contribution in [2.24, 2.45) is 0 Å². The predicted octanol–water partition coefficient (Wildman–Crippen LogP) is 2.52. The molecule has 0 aromatic rings.